The van der Waals surface area contributed by atoms with Crippen LogP contribution >= 0.6 is 24.0 Å². The van der Waals surface area contributed by atoms with Gasteiger partial charge in [-0.3, -0.25) is 9.79 Å². The summed E-state index contributed by atoms with van der Waals surface area (Å²) in [7, 11) is 3.73. The largest absolute Gasteiger partial charge is 0.454 e. The van der Waals surface area contributed by atoms with E-state index in [2.05, 4.69) is 15.2 Å². The number of halogens is 1. The number of hydrogen-bond acceptors (Lipinski definition) is 4. The molecular formula is C14H23IN4O3. The lowest BCUT2D eigenvalue weighted by atomic mass is 10.1. The van der Waals surface area contributed by atoms with Gasteiger partial charge in [0.15, 0.2) is 11.7 Å². The van der Waals surface area contributed by atoms with E-state index in [1.54, 1.807) is 19.2 Å². The van der Waals surface area contributed by atoms with Crippen molar-refractivity contribution < 1.29 is 13.9 Å². The average Bonchev–Trinajstić information content (AvgIpc) is 3.10. The highest BCUT2D eigenvalue weighted by atomic mass is 127. The van der Waals surface area contributed by atoms with Gasteiger partial charge in [0.1, 0.15) is 5.76 Å². The molecule has 1 aromatic rings. The normalized spacial score (nSPS) is 17.9. The number of ether oxygens (including phenoxy) is 1. The maximum Gasteiger partial charge on any atom is 0.284 e. The molecular weight excluding hydrogens is 399 g/mol. The Bertz CT molecular complexity index is 512. The molecule has 2 rings (SSSR count). The number of rotatable bonds is 5. The van der Waals surface area contributed by atoms with Crippen LogP contribution in [0, 0.1) is 5.92 Å². The molecule has 0 spiro atoms. The van der Waals surface area contributed by atoms with Crippen LogP contribution in [-0.2, 0) is 11.3 Å². The summed E-state index contributed by atoms with van der Waals surface area (Å²) in [5.41, 5.74) is 5.15. The maximum absolute atomic E-state index is 11.0. The van der Waals surface area contributed by atoms with Crippen molar-refractivity contribution in [3.8, 4) is 0 Å². The summed E-state index contributed by atoms with van der Waals surface area (Å²) < 4.78 is 10.7. The molecule has 2 heterocycles. The second kappa shape index (κ2) is 8.99. The third-order valence-electron chi connectivity index (χ3n) is 3.45. The Balaban J connectivity index is 0.00000242. The zero-order chi connectivity index (χ0) is 15.2. The second-order valence-corrected chi connectivity index (χ2v) is 5.14. The van der Waals surface area contributed by atoms with Crippen LogP contribution in [0.3, 0.4) is 0 Å². The number of hydrogen-bond donors (Lipinski definition) is 2. The Morgan fingerprint density at radius 1 is 1.55 bits per heavy atom. The van der Waals surface area contributed by atoms with E-state index in [0.29, 0.717) is 18.2 Å². The summed E-state index contributed by atoms with van der Waals surface area (Å²) in [6.45, 7) is 2.99. The molecule has 0 aliphatic carbocycles. The molecule has 0 radical (unpaired) electrons. The SMILES string of the molecule is CN=C(NCc1ccc(C(N)=O)o1)N(C)CC1CCOC1.I. The predicted molar refractivity (Wildman–Crippen MR) is 94.4 cm³/mol. The summed E-state index contributed by atoms with van der Waals surface area (Å²) in [6, 6.07) is 3.30. The van der Waals surface area contributed by atoms with Gasteiger partial charge in [-0.15, -0.1) is 24.0 Å². The molecule has 1 amide bonds. The van der Waals surface area contributed by atoms with E-state index in [4.69, 9.17) is 14.9 Å². The lowest BCUT2D eigenvalue weighted by Crippen LogP contribution is -2.41. The number of carbonyl (C=O) groups is 1. The van der Waals surface area contributed by atoms with Gasteiger partial charge in [-0.2, -0.15) is 0 Å². The molecule has 1 aromatic heterocycles. The minimum absolute atomic E-state index is 0. The first-order valence-electron chi connectivity index (χ1n) is 6.98. The zero-order valence-electron chi connectivity index (χ0n) is 12.9. The molecule has 124 valence electrons. The lowest BCUT2D eigenvalue weighted by molar-refractivity contribution is 0.0972. The number of primary amides is 1. The number of aliphatic imine (C=N–C) groups is 1. The number of nitrogens with two attached hydrogens (primary N) is 1. The number of nitrogens with one attached hydrogen (secondary N) is 1. The molecule has 7 nitrogen and oxygen atoms in total. The summed E-state index contributed by atoms with van der Waals surface area (Å²) in [4.78, 5) is 17.3. The van der Waals surface area contributed by atoms with Crippen LogP contribution in [0.15, 0.2) is 21.5 Å². The molecule has 22 heavy (non-hydrogen) atoms. The first-order valence-corrected chi connectivity index (χ1v) is 6.98. The minimum Gasteiger partial charge on any atom is -0.454 e. The van der Waals surface area contributed by atoms with E-state index >= 15 is 0 Å². The highest BCUT2D eigenvalue weighted by Gasteiger charge is 2.19. The van der Waals surface area contributed by atoms with Gasteiger partial charge in [0.25, 0.3) is 5.91 Å². The van der Waals surface area contributed by atoms with E-state index in [0.717, 1.165) is 32.1 Å². The fourth-order valence-electron chi connectivity index (χ4n) is 2.36. The number of nitrogens with zero attached hydrogens (tertiary/aromatic N) is 2. The molecule has 0 bridgehead atoms. The quantitative estimate of drug-likeness (QED) is 0.420. The number of amides is 1. The van der Waals surface area contributed by atoms with Gasteiger partial charge in [0.05, 0.1) is 13.2 Å². The third kappa shape index (κ3) is 5.16. The Morgan fingerprint density at radius 3 is 2.86 bits per heavy atom. The first-order chi connectivity index (χ1) is 10.1. The van der Waals surface area contributed by atoms with Gasteiger partial charge < -0.3 is 25.1 Å². The summed E-state index contributed by atoms with van der Waals surface area (Å²) in [5, 5.41) is 3.20. The number of guanidine groups is 1. The van der Waals surface area contributed by atoms with E-state index in [1.165, 1.54) is 0 Å². The molecule has 0 aromatic carbocycles. The average molecular weight is 422 g/mol. The van der Waals surface area contributed by atoms with Crippen molar-refractivity contribution in [2.24, 2.45) is 16.6 Å². The standard InChI is InChI=1S/C14H22N4O3.HI/c1-16-14(18(2)8-10-5-6-20-9-10)17-7-11-3-4-12(21-11)13(15)19;/h3-4,10H,5-9H2,1-2H3,(H2,15,19)(H,16,17);1H. The van der Waals surface area contributed by atoms with Crippen LogP contribution in [0.5, 0.6) is 0 Å². The Hall–Kier alpha value is -1.29. The number of carbonyl (C=O) groups excluding carboxylic acids is 1. The van der Waals surface area contributed by atoms with Gasteiger partial charge >= 0.3 is 0 Å². The summed E-state index contributed by atoms with van der Waals surface area (Å²) in [6.07, 6.45) is 1.08. The number of furan rings is 1. The summed E-state index contributed by atoms with van der Waals surface area (Å²) in [5.74, 6) is 1.56. The maximum atomic E-state index is 11.0. The lowest BCUT2D eigenvalue weighted by Gasteiger charge is -2.24. The highest BCUT2D eigenvalue weighted by molar-refractivity contribution is 14.0. The van der Waals surface area contributed by atoms with Crippen LogP contribution in [-0.4, -0.2) is 50.6 Å². The smallest absolute Gasteiger partial charge is 0.284 e. The van der Waals surface area contributed by atoms with Crippen LogP contribution in [0.4, 0.5) is 0 Å². The fourth-order valence-corrected chi connectivity index (χ4v) is 2.36. The van der Waals surface area contributed by atoms with Crippen molar-refractivity contribution in [1.82, 2.24) is 10.2 Å². The van der Waals surface area contributed by atoms with E-state index in [9.17, 15) is 4.79 Å². The minimum atomic E-state index is -0.566. The Kier molecular flexibility index (Phi) is 7.66. The van der Waals surface area contributed by atoms with Gasteiger partial charge in [-0.25, -0.2) is 0 Å². The van der Waals surface area contributed by atoms with Crippen LogP contribution in [0.25, 0.3) is 0 Å². The highest BCUT2D eigenvalue weighted by Crippen LogP contribution is 2.13. The zero-order valence-corrected chi connectivity index (χ0v) is 15.2. The van der Waals surface area contributed by atoms with Gasteiger partial charge in [0.2, 0.25) is 0 Å². The van der Waals surface area contributed by atoms with Crippen LogP contribution < -0.4 is 11.1 Å². The van der Waals surface area contributed by atoms with Crippen molar-refractivity contribution in [3.05, 3.63) is 23.7 Å². The van der Waals surface area contributed by atoms with E-state index in [-0.39, 0.29) is 29.7 Å². The molecule has 3 N–H and O–H groups in total. The van der Waals surface area contributed by atoms with Gasteiger partial charge in [-0.05, 0) is 18.6 Å². The topological polar surface area (TPSA) is 93.1 Å². The van der Waals surface area contributed by atoms with Crippen molar-refractivity contribution in [2.75, 3.05) is 33.9 Å². The molecule has 1 aliphatic heterocycles. The molecule has 1 fully saturated rings. The van der Waals surface area contributed by atoms with Gasteiger partial charge in [0, 0.05) is 33.2 Å². The van der Waals surface area contributed by atoms with Crippen molar-refractivity contribution in [1.29, 1.82) is 0 Å². The molecule has 0 saturated carbocycles. The Labute approximate surface area is 147 Å². The monoisotopic (exact) mass is 422 g/mol. The van der Waals surface area contributed by atoms with Crippen LogP contribution in [0.2, 0.25) is 0 Å². The second-order valence-electron chi connectivity index (χ2n) is 5.14. The third-order valence-corrected chi connectivity index (χ3v) is 3.45. The molecule has 1 atom stereocenters. The molecule has 1 aliphatic rings. The predicted octanol–water partition coefficient (Wildman–Crippen LogP) is 1.04. The first kappa shape index (κ1) is 18.8. The van der Waals surface area contributed by atoms with Crippen molar-refractivity contribution >= 4 is 35.8 Å². The van der Waals surface area contributed by atoms with Crippen molar-refractivity contribution in [2.45, 2.75) is 13.0 Å². The van der Waals surface area contributed by atoms with Crippen LogP contribution in [0.1, 0.15) is 22.7 Å². The molecule has 1 saturated heterocycles. The van der Waals surface area contributed by atoms with Gasteiger partial charge in [-0.1, -0.05) is 0 Å². The van der Waals surface area contributed by atoms with E-state index in [1.807, 2.05) is 7.05 Å². The van der Waals surface area contributed by atoms with E-state index < -0.39 is 5.91 Å². The molecule has 8 heteroatoms. The fraction of sp³-hybridized carbons (Fsp3) is 0.571. The molecule has 1 unspecified atom stereocenters. The Morgan fingerprint density at radius 2 is 2.32 bits per heavy atom. The summed E-state index contributed by atoms with van der Waals surface area (Å²) >= 11 is 0. The van der Waals surface area contributed by atoms with Crippen molar-refractivity contribution in [3.63, 3.8) is 0 Å².